The van der Waals surface area contributed by atoms with Crippen LogP contribution in [0, 0.1) is 0 Å². The van der Waals surface area contributed by atoms with E-state index in [0.717, 1.165) is 18.4 Å². The van der Waals surface area contributed by atoms with Gasteiger partial charge in [-0.2, -0.15) is 0 Å². The van der Waals surface area contributed by atoms with E-state index in [4.69, 9.17) is 26.6 Å². The van der Waals surface area contributed by atoms with Crippen molar-refractivity contribution in [2.45, 2.75) is 37.8 Å². The van der Waals surface area contributed by atoms with Crippen LogP contribution in [0.5, 0.6) is 0 Å². The molecule has 0 rings (SSSR count). The van der Waals surface area contributed by atoms with Crippen LogP contribution < -0.4 is 0 Å². The fourth-order valence-corrected chi connectivity index (χ4v) is 8.26. The Kier molecular flexibility index (Phi) is 9.91. The normalized spacial score (nSPS) is 15.6. The van der Waals surface area contributed by atoms with E-state index in [0.29, 0.717) is 0 Å². The molecule has 0 aromatic rings. The van der Waals surface area contributed by atoms with Crippen molar-refractivity contribution in [2.24, 2.45) is 0 Å². The molecular formula is C14H32O6Si2. The van der Waals surface area contributed by atoms with Gasteiger partial charge in [0.2, 0.25) is 0 Å². The lowest BCUT2D eigenvalue weighted by molar-refractivity contribution is 0.106. The van der Waals surface area contributed by atoms with Crippen LogP contribution in [0.1, 0.15) is 26.7 Å². The number of hydrogen-bond acceptors (Lipinski definition) is 6. The maximum Gasteiger partial charge on any atom is 0.507 e. The van der Waals surface area contributed by atoms with Gasteiger partial charge in [0.1, 0.15) is 0 Å². The molecule has 2 atom stereocenters. The van der Waals surface area contributed by atoms with Crippen LogP contribution in [0.3, 0.4) is 0 Å². The van der Waals surface area contributed by atoms with Gasteiger partial charge >= 0.3 is 17.6 Å². The first-order chi connectivity index (χ1) is 10.4. The fraction of sp³-hybridized carbons (Fsp3) is 0.857. The number of allylic oxidation sites excluding steroid dienone is 1. The third-order valence-electron chi connectivity index (χ3n) is 4.27. The lowest BCUT2D eigenvalue weighted by atomic mass is 10.1. The summed E-state index contributed by atoms with van der Waals surface area (Å²) < 4.78 is 33.9. The monoisotopic (exact) mass is 352 g/mol. The zero-order chi connectivity index (χ0) is 17.4. The molecule has 0 saturated carbocycles. The quantitative estimate of drug-likeness (QED) is 0.398. The summed E-state index contributed by atoms with van der Waals surface area (Å²) in [4.78, 5) is 0. The third kappa shape index (κ3) is 4.06. The Bertz CT molecular complexity index is 285. The zero-order valence-electron chi connectivity index (χ0n) is 15.2. The molecule has 0 aliphatic rings. The van der Waals surface area contributed by atoms with Crippen molar-refractivity contribution in [1.29, 1.82) is 0 Å². The lowest BCUT2D eigenvalue weighted by Gasteiger charge is -2.39. The highest BCUT2D eigenvalue weighted by Crippen LogP contribution is 2.45. The molecule has 0 aromatic heterocycles. The topological polar surface area (TPSA) is 55.4 Å². The molecule has 0 bridgehead atoms. The van der Waals surface area contributed by atoms with Gasteiger partial charge in [0, 0.05) is 53.7 Å². The summed E-state index contributed by atoms with van der Waals surface area (Å²) in [6, 6.07) is 0. The summed E-state index contributed by atoms with van der Waals surface area (Å²) in [5.41, 5.74) is 0.842. The molecule has 0 aliphatic carbocycles. The van der Waals surface area contributed by atoms with E-state index in [1.54, 1.807) is 42.7 Å². The van der Waals surface area contributed by atoms with Gasteiger partial charge in [-0.3, -0.25) is 0 Å². The van der Waals surface area contributed by atoms with Crippen LogP contribution in [0.15, 0.2) is 12.2 Å². The molecule has 0 radical (unpaired) electrons. The summed E-state index contributed by atoms with van der Waals surface area (Å²) in [6.45, 7) is 8.44. The third-order valence-corrected chi connectivity index (χ3v) is 11.0. The minimum absolute atomic E-state index is 0.0511. The highest BCUT2D eigenvalue weighted by molar-refractivity contribution is 6.66. The molecule has 0 heterocycles. The van der Waals surface area contributed by atoms with E-state index in [2.05, 4.69) is 20.4 Å². The van der Waals surface area contributed by atoms with Crippen LogP contribution in [0.25, 0.3) is 0 Å². The maximum absolute atomic E-state index is 5.65. The molecule has 0 spiro atoms. The molecule has 0 saturated heterocycles. The molecule has 0 N–H and O–H groups in total. The summed E-state index contributed by atoms with van der Waals surface area (Å²) >= 11 is 0. The summed E-state index contributed by atoms with van der Waals surface area (Å²) in [5.74, 6) is 0. The Morgan fingerprint density at radius 2 is 0.909 bits per heavy atom. The number of rotatable bonds is 12. The summed E-state index contributed by atoms with van der Waals surface area (Å²) in [6.07, 6.45) is 1.58. The van der Waals surface area contributed by atoms with Crippen LogP contribution in [-0.4, -0.2) is 60.3 Å². The van der Waals surface area contributed by atoms with Gasteiger partial charge in [-0.1, -0.05) is 26.0 Å². The smallest absolute Gasteiger partial charge is 0.376 e. The minimum Gasteiger partial charge on any atom is -0.376 e. The molecule has 6 nitrogen and oxygen atoms in total. The van der Waals surface area contributed by atoms with Crippen LogP contribution in [0.2, 0.25) is 11.1 Å². The highest BCUT2D eigenvalue weighted by Gasteiger charge is 2.55. The Morgan fingerprint density at radius 3 is 1.05 bits per heavy atom. The van der Waals surface area contributed by atoms with Gasteiger partial charge in [-0.15, -0.1) is 0 Å². The van der Waals surface area contributed by atoms with E-state index < -0.39 is 17.6 Å². The van der Waals surface area contributed by atoms with E-state index in [1.165, 1.54) is 0 Å². The second-order valence-corrected chi connectivity index (χ2v) is 11.2. The fourth-order valence-electron chi connectivity index (χ4n) is 3.07. The van der Waals surface area contributed by atoms with Crippen molar-refractivity contribution in [2.75, 3.05) is 42.7 Å². The first kappa shape index (κ1) is 21.9. The van der Waals surface area contributed by atoms with E-state index >= 15 is 0 Å². The molecule has 2 unspecified atom stereocenters. The predicted octanol–water partition coefficient (Wildman–Crippen LogP) is 2.86. The van der Waals surface area contributed by atoms with Gasteiger partial charge in [0.25, 0.3) is 0 Å². The Labute approximate surface area is 137 Å². The standard InChI is InChI=1S/C14H32O6Si2/c1-10-13(21(15-4,16-5)17-6)12(3)14(11-2)22(18-7,19-8)20-9/h13-14H,3,10-11H2,1-2,4-9H3. The first-order valence-corrected chi connectivity index (χ1v) is 11.0. The van der Waals surface area contributed by atoms with E-state index in [1.807, 2.05) is 0 Å². The van der Waals surface area contributed by atoms with Crippen LogP contribution >= 0.6 is 0 Å². The highest BCUT2D eigenvalue weighted by atomic mass is 28.4. The maximum atomic E-state index is 5.65. The molecule has 0 aliphatic heterocycles. The van der Waals surface area contributed by atoms with Crippen molar-refractivity contribution in [3.8, 4) is 0 Å². The second kappa shape index (κ2) is 9.94. The largest absolute Gasteiger partial charge is 0.507 e. The zero-order valence-corrected chi connectivity index (χ0v) is 17.2. The first-order valence-electron chi connectivity index (χ1n) is 7.41. The average Bonchev–Trinajstić information content (AvgIpc) is 2.57. The van der Waals surface area contributed by atoms with Gasteiger partial charge in [-0.05, 0) is 12.8 Å². The van der Waals surface area contributed by atoms with Crippen molar-refractivity contribution >= 4 is 17.6 Å². The second-order valence-electron chi connectivity index (χ2n) is 4.93. The average molecular weight is 353 g/mol. The van der Waals surface area contributed by atoms with Crippen LogP contribution in [0.4, 0.5) is 0 Å². The van der Waals surface area contributed by atoms with Gasteiger partial charge in [0.05, 0.1) is 0 Å². The van der Waals surface area contributed by atoms with E-state index in [9.17, 15) is 0 Å². The molecular weight excluding hydrogens is 320 g/mol. The van der Waals surface area contributed by atoms with Crippen molar-refractivity contribution < 1.29 is 26.6 Å². The summed E-state index contributed by atoms with van der Waals surface area (Å²) in [7, 11) is 3.99. The molecule has 0 amide bonds. The molecule has 0 aromatic carbocycles. The van der Waals surface area contributed by atoms with Crippen molar-refractivity contribution in [1.82, 2.24) is 0 Å². The van der Waals surface area contributed by atoms with Gasteiger partial charge in [-0.25, -0.2) is 0 Å². The Morgan fingerprint density at radius 1 is 0.682 bits per heavy atom. The van der Waals surface area contributed by atoms with Gasteiger partial charge in [0.15, 0.2) is 0 Å². The van der Waals surface area contributed by atoms with Crippen molar-refractivity contribution in [3.63, 3.8) is 0 Å². The molecule has 8 heteroatoms. The summed E-state index contributed by atoms with van der Waals surface area (Å²) in [5, 5.41) is 0. The lowest BCUT2D eigenvalue weighted by Crippen LogP contribution is -2.52. The Hall–Kier alpha value is -0.0662. The van der Waals surface area contributed by atoms with E-state index in [-0.39, 0.29) is 11.1 Å². The SMILES string of the molecule is C=C(C(CC)[Si](OC)(OC)OC)C(CC)[Si](OC)(OC)OC. The molecule has 0 fully saturated rings. The van der Waals surface area contributed by atoms with Crippen LogP contribution in [-0.2, 0) is 26.6 Å². The Balaban J connectivity index is 5.73. The number of hydrogen-bond donors (Lipinski definition) is 0. The molecule has 22 heavy (non-hydrogen) atoms. The predicted molar refractivity (Wildman–Crippen MR) is 90.8 cm³/mol. The van der Waals surface area contributed by atoms with Gasteiger partial charge < -0.3 is 26.6 Å². The van der Waals surface area contributed by atoms with Crippen molar-refractivity contribution in [3.05, 3.63) is 12.2 Å². The minimum atomic E-state index is -2.85. The molecule has 132 valence electrons.